The molecule has 0 atom stereocenters. The first-order chi connectivity index (χ1) is 11.6. The molecule has 0 aromatic heterocycles. The number of nitrogens with one attached hydrogen (secondary N) is 2. The summed E-state index contributed by atoms with van der Waals surface area (Å²) in [5, 5.41) is 15.2. The minimum Gasteiger partial charge on any atom is -0.504 e. The minimum absolute atomic E-state index is 0.0653. The fourth-order valence-corrected chi connectivity index (χ4v) is 2.16. The lowest BCUT2D eigenvalue weighted by Gasteiger charge is -2.12. The van der Waals surface area contributed by atoms with E-state index in [9.17, 15) is 9.90 Å². The number of phenolic OH excluding ortho intramolecular Hbond substituents is 1. The topological polar surface area (TPSA) is 79.8 Å². The minimum atomic E-state index is -0.314. The highest BCUT2D eigenvalue weighted by Gasteiger charge is 2.07. The molecule has 2 amide bonds. The monoisotopic (exact) mass is 330 g/mol. The molecule has 0 aliphatic heterocycles. The average Bonchev–Trinajstić information content (AvgIpc) is 2.60. The summed E-state index contributed by atoms with van der Waals surface area (Å²) in [7, 11) is 1.48. The number of aromatic hydroxyl groups is 1. The fraction of sp³-hybridized carbons (Fsp3) is 0.278. The van der Waals surface area contributed by atoms with Crippen LogP contribution in [0.25, 0.3) is 0 Å². The van der Waals surface area contributed by atoms with E-state index < -0.39 is 0 Å². The maximum atomic E-state index is 12.1. The van der Waals surface area contributed by atoms with E-state index in [4.69, 9.17) is 9.47 Å². The van der Waals surface area contributed by atoms with Gasteiger partial charge in [0.15, 0.2) is 11.5 Å². The van der Waals surface area contributed by atoms with Gasteiger partial charge in [-0.25, -0.2) is 4.79 Å². The second-order valence-corrected chi connectivity index (χ2v) is 5.11. The quantitative estimate of drug-likeness (QED) is 0.728. The van der Waals surface area contributed by atoms with Crippen LogP contribution in [0.1, 0.15) is 18.1 Å². The summed E-state index contributed by atoms with van der Waals surface area (Å²) in [5.74, 6) is 0.437. The number of methoxy groups -OCH3 is 1. The van der Waals surface area contributed by atoms with Crippen LogP contribution in [-0.2, 0) is 17.9 Å². The van der Waals surface area contributed by atoms with Crippen molar-refractivity contribution in [3.05, 3.63) is 53.6 Å². The second-order valence-electron chi connectivity index (χ2n) is 5.11. The Kier molecular flexibility index (Phi) is 6.45. The highest BCUT2D eigenvalue weighted by atomic mass is 16.5. The molecule has 0 saturated carbocycles. The number of amides is 2. The Hall–Kier alpha value is -2.73. The molecule has 0 spiro atoms. The Morgan fingerprint density at radius 2 is 2.00 bits per heavy atom. The molecule has 0 saturated heterocycles. The van der Waals surface area contributed by atoms with Gasteiger partial charge in [0, 0.05) is 24.4 Å². The van der Waals surface area contributed by atoms with Crippen LogP contribution in [0, 0.1) is 0 Å². The highest BCUT2D eigenvalue weighted by molar-refractivity contribution is 5.90. The van der Waals surface area contributed by atoms with Gasteiger partial charge in [0.25, 0.3) is 0 Å². The van der Waals surface area contributed by atoms with E-state index in [2.05, 4.69) is 10.6 Å². The molecule has 6 nitrogen and oxygen atoms in total. The number of urea groups is 1. The Labute approximate surface area is 141 Å². The standard InChI is InChI=1S/C18H22N2O4/c1-3-24-12-14-6-4-5-7-15(14)20-18(22)19-11-13-8-9-16(21)17(10-13)23-2/h4-10,21H,3,11-12H2,1-2H3,(H2,19,20,22). The Bertz CT molecular complexity index is 688. The largest absolute Gasteiger partial charge is 0.504 e. The van der Waals surface area contributed by atoms with E-state index >= 15 is 0 Å². The van der Waals surface area contributed by atoms with Crippen molar-refractivity contribution in [2.45, 2.75) is 20.1 Å². The summed E-state index contributed by atoms with van der Waals surface area (Å²) in [6.07, 6.45) is 0. The number of hydrogen-bond donors (Lipinski definition) is 3. The lowest BCUT2D eigenvalue weighted by Crippen LogP contribution is -2.28. The zero-order valence-electron chi connectivity index (χ0n) is 13.8. The summed E-state index contributed by atoms with van der Waals surface area (Å²) >= 11 is 0. The second kappa shape index (κ2) is 8.79. The highest BCUT2D eigenvalue weighted by Crippen LogP contribution is 2.26. The van der Waals surface area contributed by atoms with Gasteiger partial charge in [-0.3, -0.25) is 0 Å². The van der Waals surface area contributed by atoms with Crippen molar-refractivity contribution in [1.29, 1.82) is 0 Å². The molecule has 2 aromatic rings. The van der Waals surface area contributed by atoms with Gasteiger partial charge in [-0.2, -0.15) is 0 Å². The van der Waals surface area contributed by atoms with Gasteiger partial charge in [-0.05, 0) is 30.7 Å². The van der Waals surface area contributed by atoms with Crippen molar-refractivity contribution in [2.75, 3.05) is 19.0 Å². The summed E-state index contributed by atoms with van der Waals surface area (Å²) in [4.78, 5) is 12.1. The predicted octanol–water partition coefficient (Wildman–Crippen LogP) is 3.26. The predicted molar refractivity (Wildman–Crippen MR) is 92.3 cm³/mol. The zero-order chi connectivity index (χ0) is 17.4. The van der Waals surface area contributed by atoms with Crippen molar-refractivity contribution >= 4 is 11.7 Å². The van der Waals surface area contributed by atoms with Crippen molar-refractivity contribution in [2.24, 2.45) is 0 Å². The van der Waals surface area contributed by atoms with Gasteiger partial charge >= 0.3 is 6.03 Å². The third kappa shape index (κ3) is 4.89. The number of anilines is 1. The molecule has 6 heteroatoms. The van der Waals surface area contributed by atoms with Gasteiger partial charge < -0.3 is 25.2 Å². The van der Waals surface area contributed by atoms with Gasteiger partial charge in [0.1, 0.15) is 0 Å². The SMILES string of the molecule is CCOCc1ccccc1NC(=O)NCc1ccc(O)c(OC)c1. The first-order valence-corrected chi connectivity index (χ1v) is 7.70. The number of phenols is 1. The van der Waals surface area contributed by atoms with E-state index in [0.29, 0.717) is 31.2 Å². The van der Waals surface area contributed by atoms with Crippen LogP contribution in [0.15, 0.2) is 42.5 Å². The summed E-state index contributed by atoms with van der Waals surface area (Å²) in [5.41, 5.74) is 2.45. The Morgan fingerprint density at radius 3 is 2.75 bits per heavy atom. The number of para-hydroxylation sites is 1. The van der Waals surface area contributed by atoms with Crippen LogP contribution in [0.4, 0.5) is 10.5 Å². The number of hydrogen-bond acceptors (Lipinski definition) is 4. The average molecular weight is 330 g/mol. The summed E-state index contributed by atoms with van der Waals surface area (Å²) in [6, 6.07) is 12.1. The number of carbonyl (C=O) groups is 1. The molecular weight excluding hydrogens is 308 g/mol. The number of ether oxygens (including phenoxy) is 2. The number of rotatable bonds is 7. The third-order valence-corrected chi connectivity index (χ3v) is 3.42. The first kappa shape index (κ1) is 17.6. The van der Waals surface area contributed by atoms with E-state index in [1.54, 1.807) is 12.1 Å². The van der Waals surface area contributed by atoms with Crippen LogP contribution in [0.2, 0.25) is 0 Å². The lowest BCUT2D eigenvalue weighted by molar-refractivity contribution is 0.134. The van der Waals surface area contributed by atoms with E-state index in [-0.39, 0.29) is 11.8 Å². The maximum Gasteiger partial charge on any atom is 0.319 e. The van der Waals surface area contributed by atoms with Gasteiger partial charge in [0.05, 0.1) is 13.7 Å². The van der Waals surface area contributed by atoms with Gasteiger partial charge in [0.2, 0.25) is 0 Å². The normalized spacial score (nSPS) is 10.2. The molecule has 2 rings (SSSR count). The molecule has 0 unspecified atom stereocenters. The van der Waals surface area contributed by atoms with Crippen molar-refractivity contribution in [1.82, 2.24) is 5.32 Å². The van der Waals surface area contributed by atoms with Crippen LogP contribution in [-0.4, -0.2) is 24.9 Å². The molecule has 0 radical (unpaired) electrons. The maximum absolute atomic E-state index is 12.1. The Balaban J connectivity index is 1.94. The molecule has 0 aliphatic carbocycles. The van der Waals surface area contributed by atoms with E-state index in [1.807, 2.05) is 31.2 Å². The molecule has 0 heterocycles. The summed E-state index contributed by atoms with van der Waals surface area (Å²) < 4.78 is 10.4. The van der Waals surface area contributed by atoms with E-state index in [1.165, 1.54) is 13.2 Å². The fourth-order valence-electron chi connectivity index (χ4n) is 2.16. The molecule has 2 aromatic carbocycles. The van der Waals surface area contributed by atoms with Crippen LogP contribution < -0.4 is 15.4 Å². The van der Waals surface area contributed by atoms with Crippen molar-refractivity contribution in [3.63, 3.8) is 0 Å². The lowest BCUT2D eigenvalue weighted by atomic mass is 10.2. The first-order valence-electron chi connectivity index (χ1n) is 7.70. The number of carbonyl (C=O) groups excluding carboxylic acids is 1. The molecular formula is C18H22N2O4. The molecule has 24 heavy (non-hydrogen) atoms. The van der Waals surface area contributed by atoms with Crippen LogP contribution in [0.5, 0.6) is 11.5 Å². The van der Waals surface area contributed by atoms with E-state index in [0.717, 1.165) is 11.1 Å². The molecule has 0 fully saturated rings. The molecule has 0 aliphatic rings. The smallest absolute Gasteiger partial charge is 0.319 e. The van der Waals surface area contributed by atoms with Crippen molar-refractivity contribution in [3.8, 4) is 11.5 Å². The third-order valence-electron chi connectivity index (χ3n) is 3.42. The summed E-state index contributed by atoms with van der Waals surface area (Å²) in [6.45, 7) is 3.30. The van der Waals surface area contributed by atoms with Crippen molar-refractivity contribution < 1.29 is 19.4 Å². The zero-order valence-corrected chi connectivity index (χ0v) is 13.8. The van der Waals surface area contributed by atoms with Crippen LogP contribution in [0.3, 0.4) is 0 Å². The van der Waals surface area contributed by atoms with Gasteiger partial charge in [-0.15, -0.1) is 0 Å². The van der Waals surface area contributed by atoms with Crippen LogP contribution >= 0.6 is 0 Å². The molecule has 3 N–H and O–H groups in total. The molecule has 128 valence electrons. The van der Waals surface area contributed by atoms with Gasteiger partial charge in [-0.1, -0.05) is 24.3 Å². The number of benzene rings is 2. The molecule has 0 bridgehead atoms. The Morgan fingerprint density at radius 1 is 1.21 bits per heavy atom.